The molecule has 3 nitrogen and oxygen atoms in total. The zero-order valence-corrected chi connectivity index (χ0v) is 12.9. The van der Waals surface area contributed by atoms with Crippen molar-refractivity contribution in [3.05, 3.63) is 30.1 Å². The van der Waals surface area contributed by atoms with Crippen LogP contribution in [0.3, 0.4) is 0 Å². The van der Waals surface area contributed by atoms with Crippen molar-refractivity contribution >= 4 is 11.6 Å². The Hall–Kier alpha value is -1.58. The summed E-state index contributed by atoms with van der Waals surface area (Å²) in [5, 5.41) is 3.15. The third-order valence-corrected chi connectivity index (χ3v) is 4.18. The summed E-state index contributed by atoms with van der Waals surface area (Å²) in [7, 11) is 0. The van der Waals surface area contributed by atoms with Gasteiger partial charge in [-0.15, -0.1) is 0 Å². The first-order valence-corrected chi connectivity index (χ1v) is 7.91. The van der Waals surface area contributed by atoms with Crippen LogP contribution < -0.4 is 10.2 Å². The molecule has 21 heavy (non-hydrogen) atoms. The van der Waals surface area contributed by atoms with Crippen molar-refractivity contribution in [2.24, 2.45) is 5.92 Å². The number of piperidine rings is 1. The summed E-state index contributed by atoms with van der Waals surface area (Å²) in [5.74, 6) is 0.0635. The summed E-state index contributed by atoms with van der Waals surface area (Å²) < 4.78 is 13.2. The van der Waals surface area contributed by atoms with Crippen molar-refractivity contribution < 1.29 is 9.18 Å². The van der Waals surface area contributed by atoms with Gasteiger partial charge in [-0.2, -0.15) is 0 Å². The van der Waals surface area contributed by atoms with Gasteiger partial charge >= 0.3 is 0 Å². The lowest BCUT2D eigenvalue weighted by Crippen LogP contribution is -2.46. The first-order valence-electron chi connectivity index (χ1n) is 7.91. The lowest BCUT2D eigenvalue weighted by Gasteiger charge is -2.34. The number of anilines is 1. The van der Waals surface area contributed by atoms with E-state index in [1.54, 1.807) is 12.1 Å². The van der Waals surface area contributed by atoms with Crippen molar-refractivity contribution in [3.8, 4) is 0 Å². The number of rotatable bonds is 5. The summed E-state index contributed by atoms with van der Waals surface area (Å²) in [5.41, 5.74) is 0.930. The third kappa shape index (κ3) is 4.45. The Morgan fingerprint density at radius 2 is 2.14 bits per heavy atom. The summed E-state index contributed by atoms with van der Waals surface area (Å²) in [6.07, 6.45) is 3.81. The molecule has 1 atom stereocenters. The van der Waals surface area contributed by atoms with Gasteiger partial charge in [-0.3, -0.25) is 4.79 Å². The van der Waals surface area contributed by atoms with E-state index in [0.29, 0.717) is 0 Å². The molecule has 0 aromatic heterocycles. The molecule has 1 heterocycles. The highest BCUT2D eigenvalue weighted by atomic mass is 19.1. The highest BCUT2D eigenvalue weighted by molar-refractivity contribution is 5.78. The van der Waals surface area contributed by atoms with E-state index in [1.807, 2.05) is 13.0 Å². The molecule has 1 N–H and O–H groups in total. The highest BCUT2D eigenvalue weighted by Gasteiger charge is 2.22. The van der Waals surface area contributed by atoms with Gasteiger partial charge < -0.3 is 10.2 Å². The van der Waals surface area contributed by atoms with E-state index in [9.17, 15) is 9.18 Å². The van der Waals surface area contributed by atoms with E-state index in [2.05, 4.69) is 17.1 Å². The summed E-state index contributed by atoms with van der Waals surface area (Å²) >= 11 is 0. The number of nitrogens with zero attached hydrogens (tertiary/aromatic N) is 1. The SMILES string of the molecule is CCCC(C)C(=O)NC1CCN(c2cccc(F)c2)CC1. The average Bonchev–Trinajstić information content (AvgIpc) is 2.48. The standard InChI is InChI=1S/C17H25FN2O/c1-3-5-13(2)17(21)19-15-8-10-20(11-9-15)16-7-4-6-14(18)12-16/h4,6-7,12-13,15H,3,5,8-11H2,1-2H3,(H,19,21). The normalized spacial score (nSPS) is 17.6. The maximum atomic E-state index is 13.2. The molecule has 0 spiro atoms. The van der Waals surface area contributed by atoms with Gasteiger partial charge in [-0.25, -0.2) is 4.39 Å². The van der Waals surface area contributed by atoms with E-state index in [4.69, 9.17) is 0 Å². The van der Waals surface area contributed by atoms with Gasteiger partial charge in [0.05, 0.1) is 0 Å². The van der Waals surface area contributed by atoms with Crippen molar-refractivity contribution in [3.63, 3.8) is 0 Å². The second-order valence-electron chi connectivity index (χ2n) is 5.94. The number of halogens is 1. The fourth-order valence-electron chi connectivity index (χ4n) is 2.86. The second-order valence-corrected chi connectivity index (χ2v) is 5.94. The molecule has 2 rings (SSSR count). The molecule has 1 amide bonds. The Morgan fingerprint density at radius 1 is 1.43 bits per heavy atom. The van der Waals surface area contributed by atoms with Crippen LogP contribution in [0.4, 0.5) is 10.1 Å². The van der Waals surface area contributed by atoms with Gasteiger partial charge in [0.1, 0.15) is 5.82 Å². The topological polar surface area (TPSA) is 32.3 Å². The van der Waals surface area contributed by atoms with Gasteiger partial charge in [0.2, 0.25) is 5.91 Å². The van der Waals surface area contributed by atoms with Crippen LogP contribution in [0.15, 0.2) is 24.3 Å². The van der Waals surface area contributed by atoms with Crippen molar-refractivity contribution in [1.29, 1.82) is 0 Å². The number of hydrogen-bond acceptors (Lipinski definition) is 2. The van der Waals surface area contributed by atoms with E-state index >= 15 is 0 Å². The molecule has 4 heteroatoms. The van der Waals surface area contributed by atoms with Crippen LogP contribution in [0.5, 0.6) is 0 Å². The van der Waals surface area contributed by atoms with Gasteiger partial charge in [0, 0.05) is 30.7 Å². The summed E-state index contributed by atoms with van der Waals surface area (Å²) in [4.78, 5) is 14.2. The molecule has 0 saturated carbocycles. The number of nitrogens with one attached hydrogen (secondary N) is 1. The van der Waals surface area contributed by atoms with E-state index < -0.39 is 0 Å². The van der Waals surface area contributed by atoms with Crippen molar-refractivity contribution in [2.75, 3.05) is 18.0 Å². The molecule has 1 saturated heterocycles. The monoisotopic (exact) mass is 292 g/mol. The number of carbonyl (C=O) groups is 1. The van der Waals surface area contributed by atoms with Crippen LogP contribution in [-0.4, -0.2) is 25.0 Å². The minimum atomic E-state index is -0.198. The van der Waals surface area contributed by atoms with Crippen LogP contribution in [0, 0.1) is 11.7 Å². The predicted molar refractivity (Wildman–Crippen MR) is 83.8 cm³/mol. The third-order valence-electron chi connectivity index (χ3n) is 4.18. The molecule has 116 valence electrons. The first-order chi connectivity index (χ1) is 10.1. The van der Waals surface area contributed by atoms with Crippen LogP contribution in [0.1, 0.15) is 39.5 Å². The molecule has 1 aliphatic heterocycles. The quantitative estimate of drug-likeness (QED) is 0.902. The number of benzene rings is 1. The van der Waals surface area contributed by atoms with Gasteiger partial charge in [-0.05, 0) is 37.5 Å². The zero-order chi connectivity index (χ0) is 15.2. The number of amides is 1. The highest BCUT2D eigenvalue weighted by Crippen LogP contribution is 2.21. The molecule has 1 unspecified atom stereocenters. The van der Waals surface area contributed by atoms with Crippen molar-refractivity contribution in [2.45, 2.75) is 45.6 Å². The van der Waals surface area contributed by atoms with Gasteiger partial charge in [-0.1, -0.05) is 26.3 Å². The van der Waals surface area contributed by atoms with E-state index in [0.717, 1.165) is 44.5 Å². The first kappa shape index (κ1) is 15.8. The van der Waals surface area contributed by atoms with Crippen LogP contribution in [-0.2, 0) is 4.79 Å². The minimum Gasteiger partial charge on any atom is -0.371 e. The maximum absolute atomic E-state index is 13.2. The van der Waals surface area contributed by atoms with Crippen LogP contribution in [0.2, 0.25) is 0 Å². The Balaban J connectivity index is 1.82. The lowest BCUT2D eigenvalue weighted by atomic mass is 10.0. The van der Waals surface area contributed by atoms with Gasteiger partial charge in [0.25, 0.3) is 0 Å². The average molecular weight is 292 g/mol. The largest absolute Gasteiger partial charge is 0.371 e. The van der Waals surface area contributed by atoms with Gasteiger partial charge in [0.15, 0.2) is 0 Å². The van der Waals surface area contributed by atoms with Crippen LogP contribution in [0.25, 0.3) is 0 Å². The fourth-order valence-corrected chi connectivity index (χ4v) is 2.86. The number of carbonyl (C=O) groups excluding carboxylic acids is 1. The molecule has 1 fully saturated rings. The molecule has 0 radical (unpaired) electrons. The number of hydrogen-bond donors (Lipinski definition) is 1. The molecule has 0 bridgehead atoms. The molecule has 1 aromatic carbocycles. The zero-order valence-electron chi connectivity index (χ0n) is 12.9. The smallest absolute Gasteiger partial charge is 0.223 e. The molecule has 1 aliphatic rings. The summed E-state index contributed by atoms with van der Waals surface area (Å²) in [6, 6.07) is 6.96. The molecular formula is C17H25FN2O. The van der Waals surface area contributed by atoms with E-state index in [1.165, 1.54) is 6.07 Å². The summed E-state index contributed by atoms with van der Waals surface area (Å²) in [6.45, 7) is 5.80. The maximum Gasteiger partial charge on any atom is 0.223 e. The molecule has 0 aliphatic carbocycles. The minimum absolute atomic E-state index is 0.0937. The Labute approximate surface area is 126 Å². The lowest BCUT2D eigenvalue weighted by molar-refractivity contribution is -0.125. The van der Waals surface area contributed by atoms with Crippen molar-refractivity contribution in [1.82, 2.24) is 5.32 Å². The second kappa shape index (κ2) is 7.43. The van der Waals surface area contributed by atoms with E-state index in [-0.39, 0.29) is 23.7 Å². The molecule has 1 aromatic rings. The predicted octanol–water partition coefficient (Wildman–Crippen LogP) is 3.35. The molecular weight excluding hydrogens is 267 g/mol. The Kier molecular flexibility index (Phi) is 5.59. The fraction of sp³-hybridized carbons (Fsp3) is 0.588. The van der Waals surface area contributed by atoms with Crippen LogP contribution >= 0.6 is 0 Å². The Morgan fingerprint density at radius 3 is 2.76 bits per heavy atom. The Bertz CT molecular complexity index is 470.